The Morgan fingerprint density at radius 3 is 2.45 bits per heavy atom. The fraction of sp³-hybridized carbons (Fsp3) is 0.238. The fourth-order valence-corrected chi connectivity index (χ4v) is 3.23. The number of aromatic nitrogens is 2. The minimum absolute atomic E-state index is 0.0359. The molecule has 1 amide bonds. The maximum absolute atomic E-state index is 14.0. The van der Waals surface area contributed by atoms with Crippen LogP contribution in [0.25, 0.3) is 5.69 Å². The van der Waals surface area contributed by atoms with Crippen molar-refractivity contribution < 1.29 is 22.4 Å². The van der Waals surface area contributed by atoms with Crippen LogP contribution in [0.2, 0.25) is 0 Å². The molecule has 4 nitrogen and oxygen atoms in total. The molecule has 3 aromatic rings. The molecule has 8 heteroatoms. The lowest BCUT2D eigenvalue weighted by Gasteiger charge is -2.23. The summed E-state index contributed by atoms with van der Waals surface area (Å²) in [5.41, 5.74) is -0.472. The van der Waals surface area contributed by atoms with Crippen molar-refractivity contribution in [1.82, 2.24) is 14.7 Å². The molecule has 0 N–H and O–H groups in total. The lowest BCUT2D eigenvalue weighted by Crippen LogP contribution is -2.33. The topological polar surface area (TPSA) is 38.1 Å². The van der Waals surface area contributed by atoms with E-state index in [-0.39, 0.29) is 29.5 Å². The average Bonchev–Trinajstić information content (AvgIpc) is 3.41. The van der Waals surface area contributed by atoms with E-state index in [1.54, 1.807) is 12.1 Å². The Labute approximate surface area is 164 Å². The van der Waals surface area contributed by atoms with Gasteiger partial charge in [0.25, 0.3) is 5.91 Å². The maximum Gasteiger partial charge on any atom is 0.416 e. The quantitative estimate of drug-likeness (QED) is 0.572. The van der Waals surface area contributed by atoms with Gasteiger partial charge in [0.15, 0.2) is 5.69 Å². The summed E-state index contributed by atoms with van der Waals surface area (Å²) in [6.45, 7) is -0.161. The molecule has 0 saturated heterocycles. The van der Waals surface area contributed by atoms with Crippen molar-refractivity contribution in [3.63, 3.8) is 0 Å². The third kappa shape index (κ3) is 4.01. The number of amides is 1. The van der Waals surface area contributed by atoms with Crippen molar-refractivity contribution in [2.45, 2.75) is 31.6 Å². The summed E-state index contributed by atoms with van der Waals surface area (Å²) in [6, 6.07) is 12.5. The molecule has 1 fully saturated rings. The molecule has 0 bridgehead atoms. The molecule has 0 spiro atoms. The normalized spacial score (nSPS) is 14.1. The second-order valence-electron chi connectivity index (χ2n) is 6.92. The van der Waals surface area contributed by atoms with Gasteiger partial charge >= 0.3 is 6.18 Å². The first-order chi connectivity index (χ1) is 13.8. The number of alkyl halides is 3. The van der Waals surface area contributed by atoms with Crippen molar-refractivity contribution in [3.05, 3.63) is 83.4 Å². The second-order valence-corrected chi connectivity index (χ2v) is 6.92. The zero-order valence-corrected chi connectivity index (χ0v) is 15.2. The standard InChI is InChI=1S/C21H17F4N3O/c22-17-7-3-4-8-19(17)28-12-11-18(26-28)20(29)27(15-9-10-15)13-14-5-1-2-6-16(14)21(23,24)25/h1-8,11-12,15H,9-10,13H2. The Morgan fingerprint density at radius 1 is 1.07 bits per heavy atom. The summed E-state index contributed by atoms with van der Waals surface area (Å²) < 4.78 is 55.2. The van der Waals surface area contributed by atoms with Gasteiger partial charge in [0, 0.05) is 18.8 Å². The van der Waals surface area contributed by atoms with Crippen LogP contribution >= 0.6 is 0 Å². The van der Waals surface area contributed by atoms with Gasteiger partial charge in [-0.1, -0.05) is 30.3 Å². The van der Waals surface area contributed by atoms with Crippen LogP contribution in [0.15, 0.2) is 60.8 Å². The predicted octanol–water partition coefficient (Wildman–Crippen LogP) is 4.84. The molecule has 0 unspecified atom stereocenters. The monoisotopic (exact) mass is 403 g/mol. The van der Waals surface area contributed by atoms with E-state index in [0.29, 0.717) is 0 Å². The van der Waals surface area contributed by atoms with E-state index < -0.39 is 23.5 Å². The van der Waals surface area contributed by atoms with Crippen molar-refractivity contribution in [2.24, 2.45) is 0 Å². The average molecular weight is 403 g/mol. The largest absolute Gasteiger partial charge is 0.416 e. The number of hydrogen-bond donors (Lipinski definition) is 0. The van der Waals surface area contributed by atoms with E-state index >= 15 is 0 Å². The highest BCUT2D eigenvalue weighted by Crippen LogP contribution is 2.35. The molecule has 150 valence electrons. The second kappa shape index (κ2) is 7.35. The minimum Gasteiger partial charge on any atom is -0.330 e. The van der Waals surface area contributed by atoms with Crippen molar-refractivity contribution >= 4 is 5.91 Å². The van der Waals surface area contributed by atoms with Crippen LogP contribution in [0.1, 0.15) is 34.5 Å². The highest BCUT2D eigenvalue weighted by atomic mass is 19.4. The Balaban J connectivity index is 1.61. The highest BCUT2D eigenvalue weighted by Gasteiger charge is 2.37. The molecule has 1 aliphatic rings. The Morgan fingerprint density at radius 2 is 1.76 bits per heavy atom. The molecular weight excluding hydrogens is 386 g/mol. The van der Waals surface area contributed by atoms with Gasteiger partial charge in [0.2, 0.25) is 0 Å². The van der Waals surface area contributed by atoms with Gasteiger partial charge in [-0.15, -0.1) is 0 Å². The van der Waals surface area contributed by atoms with Crippen LogP contribution < -0.4 is 0 Å². The lowest BCUT2D eigenvalue weighted by atomic mass is 10.1. The van der Waals surface area contributed by atoms with Crippen LogP contribution in [0, 0.1) is 5.82 Å². The summed E-state index contributed by atoms with van der Waals surface area (Å²) >= 11 is 0. The van der Waals surface area contributed by atoms with Gasteiger partial charge in [0.1, 0.15) is 11.5 Å². The molecule has 0 radical (unpaired) electrons. The van der Waals surface area contributed by atoms with E-state index in [4.69, 9.17) is 0 Å². The number of nitrogens with zero attached hydrogens (tertiary/aromatic N) is 3. The zero-order chi connectivity index (χ0) is 20.6. The van der Waals surface area contributed by atoms with Gasteiger partial charge in [-0.2, -0.15) is 18.3 Å². The van der Waals surface area contributed by atoms with Crippen LogP contribution in [0.5, 0.6) is 0 Å². The first-order valence-corrected chi connectivity index (χ1v) is 9.11. The number of halogens is 4. The van der Waals surface area contributed by atoms with E-state index in [1.165, 1.54) is 52.2 Å². The third-order valence-electron chi connectivity index (χ3n) is 4.82. The minimum atomic E-state index is -4.50. The molecule has 2 aromatic carbocycles. The molecule has 4 rings (SSSR count). The molecule has 1 aromatic heterocycles. The summed E-state index contributed by atoms with van der Waals surface area (Å²) in [4.78, 5) is 14.4. The lowest BCUT2D eigenvalue weighted by molar-refractivity contribution is -0.138. The molecule has 29 heavy (non-hydrogen) atoms. The van der Waals surface area contributed by atoms with Crippen LogP contribution in [0.3, 0.4) is 0 Å². The van der Waals surface area contributed by atoms with Crippen molar-refractivity contribution in [1.29, 1.82) is 0 Å². The molecular formula is C21H17F4N3O. The maximum atomic E-state index is 14.0. The van der Waals surface area contributed by atoms with Crippen LogP contribution in [0.4, 0.5) is 17.6 Å². The van der Waals surface area contributed by atoms with Crippen molar-refractivity contribution in [3.8, 4) is 5.69 Å². The van der Waals surface area contributed by atoms with Crippen LogP contribution in [-0.4, -0.2) is 26.6 Å². The number of para-hydroxylation sites is 1. The molecule has 1 aliphatic carbocycles. The van der Waals surface area contributed by atoms with Gasteiger partial charge in [-0.3, -0.25) is 4.79 Å². The van der Waals surface area contributed by atoms with E-state index in [9.17, 15) is 22.4 Å². The van der Waals surface area contributed by atoms with E-state index in [0.717, 1.165) is 18.9 Å². The smallest absolute Gasteiger partial charge is 0.330 e. The first-order valence-electron chi connectivity index (χ1n) is 9.11. The molecule has 0 atom stereocenters. The molecule has 0 aliphatic heterocycles. The summed E-state index contributed by atoms with van der Waals surface area (Å²) in [5.74, 6) is -0.965. The van der Waals surface area contributed by atoms with Gasteiger partial charge in [-0.25, -0.2) is 9.07 Å². The van der Waals surface area contributed by atoms with E-state index in [1.807, 2.05) is 0 Å². The Hall–Kier alpha value is -3.16. The SMILES string of the molecule is O=C(c1ccn(-c2ccccc2F)n1)N(Cc1ccccc1C(F)(F)F)C1CC1. The predicted molar refractivity (Wildman–Crippen MR) is 97.9 cm³/mol. The van der Waals surface area contributed by atoms with Gasteiger partial charge in [-0.05, 0) is 42.7 Å². The zero-order valence-electron chi connectivity index (χ0n) is 15.2. The van der Waals surface area contributed by atoms with Crippen molar-refractivity contribution in [2.75, 3.05) is 0 Å². The molecule has 1 saturated carbocycles. The van der Waals surface area contributed by atoms with E-state index in [2.05, 4.69) is 5.10 Å². The first kappa shape index (κ1) is 19.2. The number of rotatable bonds is 5. The number of carbonyl (C=O) groups is 1. The summed E-state index contributed by atoms with van der Waals surface area (Å²) in [7, 11) is 0. The van der Waals surface area contributed by atoms with Gasteiger partial charge in [0.05, 0.1) is 5.56 Å². The van der Waals surface area contributed by atoms with Gasteiger partial charge < -0.3 is 4.90 Å². The number of carbonyl (C=O) groups excluding carboxylic acids is 1. The fourth-order valence-electron chi connectivity index (χ4n) is 3.23. The highest BCUT2D eigenvalue weighted by molar-refractivity contribution is 5.92. The third-order valence-corrected chi connectivity index (χ3v) is 4.82. The summed E-state index contributed by atoms with van der Waals surface area (Å²) in [6.07, 6.45) is -1.58. The van der Waals surface area contributed by atoms with Crippen LogP contribution in [-0.2, 0) is 12.7 Å². The number of hydrogen-bond acceptors (Lipinski definition) is 2. The molecule has 1 heterocycles. The Bertz CT molecular complexity index is 1040. The Kier molecular flexibility index (Phi) is 4.86. The summed E-state index contributed by atoms with van der Waals surface area (Å²) in [5, 5.41) is 4.15. The number of benzene rings is 2.